The van der Waals surface area contributed by atoms with Crippen LogP contribution in [-0.4, -0.2) is 60.0 Å². The first kappa shape index (κ1) is 14.8. The summed E-state index contributed by atoms with van der Waals surface area (Å²) >= 11 is 6.47. The first-order chi connectivity index (χ1) is 11.2. The Balaban J connectivity index is 1.56. The van der Waals surface area contributed by atoms with Crippen molar-refractivity contribution in [2.45, 2.75) is 12.0 Å². The Morgan fingerprint density at radius 3 is 2.87 bits per heavy atom. The molecule has 0 amide bonds. The van der Waals surface area contributed by atoms with Crippen molar-refractivity contribution in [1.82, 2.24) is 15.1 Å². The Labute approximate surface area is 139 Å². The number of fused-ring (bicyclic) bond motifs is 1. The Morgan fingerprint density at radius 1 is 1.26 bits per heavy atom. The second-order valence-corrected chi connectivity index (χ2v) is 6.63. The quantitative estimate of drug-likeness (QED) is 0.912. The summed E-state index contributed by atoms with van der Waals surface area (Å²) in [5.41, 5.74) is 1.60. The maximum absolute atomic E-state index is 9.48. The van der Waals surface area contributed by atoms with Crippen molar-refractivity contribution in [3.05, 3.63) is 23.4 Å². The van der Waals surface area contributed by atoms with Crippen LogP contribution in [0.25, 0.3) is 10.9 Å². The molecule has 0 aliphatic carbocycles. The van der Waals surface area contributed by atoms with Crippen LogP contribution in [0.2, 0.25) is 5.02 Å². The Bertz CT molecular complexity index is 763. The summed E-state index contributed by atoms with van der Waals surface area (Å²) in [6, 6.07) is 6.46. The third kappa shape index (κ3) is 2.45. The highest BCUT2D eigenvalue weighted by molar-refractivity contribution is 6.34. The van der Waals surface area contributed by atoms with Gasteiger partial charge in [-0.05, 0) is 18.6 Å². The molecule has 2 aromatic rings. The maximum Gasteiger partial charge on any atom is 0.156 e. The van der Waals surface area contributed by atoms with Crippen LogP contribution in [0.5, 0.6) is 0 Å². The number of rotatable bonds is 2. The zero-order valence-corrected chi connectivity index (χ0v) is 13.5. The molecule has 2 fully saturated rings. The summed E-state index contributed by atoms with van der Waals surface area (Å²) in [5, 5.41) is 18.3. The second kappa shape index (κ2) is 5.68. The van der Waals surface area contributed by atoms with Gasteiger partial charge in [-0.3, -0.25) is 10.00 Å². The van der Waals surface area contributed by atoms with E-state index >= 15 is 0 Å². The highest BCUT2D eigenvalue weighted by Crippen LogP contribution is 2.32. The molecule has 0 atom stereocenters. The summed E-state index contributed by atoms with van der Waals surface area (Å²) in [7, 11) is 0. The predicted octanol–water partition coefficient (Wildman–Crippen LogP) is 2.02. The highest BCUT2D eigenvalue weighted by Gasteiger charge is 2.44. The number of aromatic amines is 1. The van der Waals surface area contributed by atoms with E-state index in [1.54, 1.807) is 6.20 Å². The summed E-state index contributed by atoms with van der Waals surface area (Å²) in [6.45, 7) is 4.57. The van der Waals surface area contributed by atoms with Crippen LogP contribution in [0.3, 0.4) is 0 Å². The second-order valence-electron chi connectivity index (χ2n) is 6.22. The van der Waals surface area contributed by atoms with Crippen LogP contribution >= 0.6 is 11.6 Å². The molecular weight excluding hydrogens is 314 g/mol. The SMILES string of the molecule is N#CC1(N2CCCN(c3cc4[nH]ncc4cc3Cl)CC2)COC1. The number of benzene rings is 1. The molecule has 1 aromatic carbocycles. The van der Waals surface area contributed by atoms with Crippen molar-refractivity contribution >= 4 is 28.2 Å². The lowest BCUT2D eigenvalue weighted by molar-refractivity contribution is -0.106. The molecule has 0 bridgehead atoms. The zero-order valence-electron chi connectivity index (χ0n) is 12.8. The maximum atomic E-state index is 9.48. The molecule has 7 heteroatoms. The fraction of sp³-hybridized carbons (Fsp3) is 0.500. The van der Waals surface area contributed by atoms with E-state index in [9.17, 15) is 5.26 Å². The van der Waals surface area contributed by atoms with Crippen molar-refractivity contribution in [3.8, 4) is 6.07 Å². The Hall–Kier alpha value is -1.81. The van der Waals surface area contributed by atoms with Gasteiger partial charge >= 0.3 is 0 Å². The van der Waals surface area contributed by atoms with Crippen LogP contribution in [0.1, 0.15) is 6.42 Å². The van der Waals surface area contributed by atoms with E-state index in [-0.39, 0.29) is 0 Å². The van der Waals surface area contributed by atoms with E-state index in [2.05, 4.69) is 32.1 Å². The summed E-state index contributed by atoms with van der Waals surface area (Å²) < 4.78 is 5.28. The van der Waals surface area contributed by atoms with Gasteiger partial charge in [0.15, 0.2) is 5.54 Å². The number of nitrogens with zero attached hydrogens (tertiary/aromatic N) is 4. The molecule has 2 saturated heterocycles. The number of nitriles is 1. The van der Waals surface area contributed by atoms with Gasteiger partial charge in [0.25, 0.3) is 0 Å². The summed E-state index contributed by atoms with van der Waals surface area (Å²) in [6.07, 6.45) is 2.78. The minimum atomic E-state index is -0.423. The number of ether oxygens (including phenoxy) is 1. The molecule has 0 unspecified atom stereocenters. The van der Waals surface area contributed by atoms with E-state index < -0.39 is 5.54 Å². The lowest BCUT2D eigenvalue weighted by Gasteiger charge is -2.44. The molecule has 0 radical (unpaired) electrons. The molecule has 2 aliphatic heterocycles. The fourth-order valence-corrected chi connectivity index (χ4v) is 3.69. The van der Waals surface area contributed by atoms with Gasteiger partial charge in [0.2, 0.25) is 0 Å². The smallest absolute Gasteiger partial charge is 0.156 e. The van der Waals surface area contributed by atoms with E-state index in [1.165, 1.54) is 0 Å². The van der Waals surface area contributed by atoms with Gasteiger partial charge < -0.3 is 9.64 Å². The molecule has 0 saturated carbocycles. The number of aromatic nitrogens is 2. The highest BCUT2D eigenvalue weighted by atomic mass is 35.5. The van der Waals surface area contributed by atoms with Crippen molar-refractivity contribution in [3.63, 3.8) is 0 Å². The zero-order chi connectivity index (χ0) is 15.9. The van der Waals surface area contributed by atoms with Crippen LogP contribution in [0.15, 0.2) is 18.3 Å². The van der Waals surface area contributed by atoms with Gasteiger partial charge in [-0.1, -0.05) is 11.6 Å². The van der Waals surface area contributed by atoms with E-state index in [0.717, 1.165) is 54.2 Å². The molecule has 6 nitrogen and oxygen atoms in total. The number of hydrogen-bond acceptors (Lipinski definition) is 5. The number of nitrogens with one attached hydrogen (secondary N) is 1. The van der Waals surface area contributed by atoms with E-state index in [0.29, 0.717) is 13.2 Å². The van der Waals surface area contributed by atoms with Crippen molar-refractivity contribution in [2.75, 3.05) is 44.3 Å². The van der Waals surface area contributed by atoms with Gasteiger partial charge in [0.05, 0.1) is 41.7 Å². The average Bonchev–Trinajstić information content (AvgIpc) is 2.81. The first-order valence-corrected chi connectivity index (χ1v) is 8.21. The van der Waals surface area contributed by atoms with Crippen LogP contribution in [-0.2, 0) is 4.74 Å². The average molecular weight is 332 g/mol. The Morgan fingerprint density at radius 2 is 2.13 bits per heavy atom. The lowest BCUT2D eigenvalue weighted by Crippen LogP contribution is -2.62. The summed E-state index contributed by atoms with van der Waals surface area (Å²) in [5.74, 6) is 0. The van der Waals surface area contributed by atoms with Crippen molar-refractivity contribution in [1.29, 1.82) is 5.26 Å². The van der Waals surface area contributed by atoms with Crippen molar-refractivity contribution < 1.29 is 4.74 Å². The molecule has 2 aliphatic rings. The molecule has 0 spiro atoms. The van der Waals surface area contributed by atoms with E-state index in [4.69, 9.17) is 16.3 Å². The topological polar surface area (TPSA) is 68.2 Å². The molecule has 120 valence electrons. The number of halogens is 1. The van der Waals surface area contributed by atoms with Gasteiger partial charge in [-0.15, -0.1) is 0 Å². The molecule has 3 heterocycles. The minimum absolute atomic E-state index is 0.423. The largest absolute Gasteiger partial charge is 0.375 e. The van der Waals surface area contributed by atoms with Gasteiger partial charge in [0, 0.05) is 31.6 Å². The monoisotopic (exact) mass is 331 g/mol. The van der Waals surface area contributed by atoms with E-state index in [1.807, 2.05) is 6.07 Å². The van der Waals surface area contributed by atoms with Gasteiger partial charge in [-0.2, -0.15) is 10.4 Å². The Kier molecular flexibility index (Phi) is 3.64. The third-order valence-electron chi connectivity index (χ3n) is 4.84. The molecular formula is C16H18ClN5O. The van der Waals surface area contributed by atoms with Crippen LogP contribution in [0.4, 0.5) is 5.69 Å². The number of hydrogen-bond donors (Lipinski definition) is 1. The molecule has 4 rings (SSSR count). The number of anilines is 1. The fourth-order valence-electron chi connectivity index (χ4n) is 3.39. The van der Waals surface area contributed by atoms with Gasteiger partial charge in [-0.25, -0.2) is 0 Å². The predicted molar refractivity (Wildman–Crippen MR) is 88.7 cm³/mol. The molecule has 1 aromatic heterocycles. The lowest BCUT2D eigenvalue weighted by atomic mass is 9.97. The van der Waals surface area contributed by atoms with Crippen LogP contribution in [0, 0.1) is 11.3 Å². The third-order valence-corrected chi connectivity index (χ3v) is 5.14. The molecule has 23 heavy (non-hydrogen) atoms. The summed E-state index contributed by atoms with van der Waals surface area (Å²) in [4.78, 5) is 4.56. The van der Waals surface area contributed by atoms with Crippen LogP contribution < -0.4 is 4.90 Å². The van der Waals surface area contributed by atoms with Gasteiger partial charge in [0.1, 0.15) is 0 Å². The van der Waals surface area contributed by atoms with Crippen molar-refractivity contribution in [2.24, 2.45) is 0 Å². The molecule has 1 N–H and O–H groups in total. The first-order valence-electron chi connectivity index (χ1n) is 7.83. The minimum Gasteiger partial charge on any atom is -0.375 e. The normalized spacial score (nSPS) is 21.7. The standard InChI is InChI=1S/C16H18ClN5O/c17-13-6-12-8-19-20-14(12)7-15(13)21-2-1-3-22(5-4-21)16(9-18)10-23-11-16/h6-8H,1-5,10-11H2,(H,19,20). The number of H-pyrrole nitrogens is 1.